The number of carbonyl (C=O) groups is 1. The molecule has 1 aliphatic heterocycles. The molecule has 0 unspecified atom stereocenters. The van der Waals surface area contributed by atoms with Gasteiger partial charge in [-0.15, -0.1) is 0 Å². The van der Waals surface area contributed by atoms with E-state index in [4.69, 9.17) is 12.2 Å². The Bertz CT molecular complexity index is 499. The van der Waals surface area contributed by atoms with Crippen LogP contribution in [-0.4, -0.2) is 44.1 Å². The van der Waals surface area contributed by atoms with Gasteiger partial charge in [0.15, 0.2) is 17.3 Å². The van der Waals surface area contributed by atoms with Crippen LogP contribution >= 0.6 is 24.0 Å². The lowest BCUT2D eigenvalue weighted by Gasteiger charge is -2.17. The summed E-state index contributed by atoms with van der Waals surface area (Å²) in [5, 5.41) is 18.5. The van der Waals surface area contributed by atoms with Crippen LogP contribution < -0.4 is 0 Å². The van der Waals surface area contributed by atoms with E-state index in [1.165, 1.54) is 30.0 Å². The predicted molar refractivity (Wildman–Crippen MR) is 80.0 cm³/mol. The zero-order chi connectivity index (χ0) is 13.8. The van der Waals surface area contributed by atoms with E-state index in [0.29, 0.717) is 5.56 Å². The van der Waals surface area contributed by atoms with Gasteiger partial charge in [0.1, 0.15) is 4.32 Å². The van der Waals surface area contributed by atoms with E-state index in [9.17, 15) is 15.0 Å². The monoisotopic (exact) mass is 297 g/mol. The van der Waals surface area contributed by atoms with E-state index in [1.807, 2.05) is 0 Å². The minimum atomic E-state index is -0.280. The number of nitrogens with zero attached hydrogens (tertiary/aromatic N) is 1. The zero-order valence-electron chi connectivity index (χ0n) is 10.3. The average Bonchev–Trinajstić information content (AvgIpc) is 2.92. The fourth-order valence-corrected chi connectivity index (χ4v) is 3.04. The SMILES string of the molecule is O=C(CSC(=S)N1CCCC1)c1ccc(O)c(O)c1. The highest BCUT2D eigenvalue weighted by atomic mass is 32.2. The van der Waals surface area contributed by atoms with Gasteiger partial charge in [0, 0.05) is 18.7 Å². The van der Waals surface area contributed by atoms with Crippen LogP contribution in [0.2, 0.25) is 0 Å². The van der Waals surface area contributed by atoms with Crippen LogP contribution in [-0.2, 0) is 0 Å². The number of Topliss-reactive ketones (excluding diaryl/α,β-unsaturated/α-hetero) is 1. The summed E-state index contributed by atoms with van der Waals surface area (Å²) in [6.07, 6.45) is 2.31. The number of aromatic hydroxyl groups is 2. The van der Waals surface area contributed by atoms with Crippen molar-refractivity contribution in [1.29, 1.82) is 0 Å². The van der Waals surface area contributed by atoms with Crippen molar-refractivity contribution >= 4 is 34.1 Å². The van der Waals surface area contributed by atoms with Crippen molar-refractivity contribution in [2.24, 2.45) is 0 Å². The topological polar surface area (TPSA) is 60.8 Å². The normalized spacial score (nSPS) is 14.6. The van der Waals surface area contributed by atoms with Gasteiger partial charge in [-0.1, -0.05) is 24.0 Å². The standard InChI is InChI=1S/C13H15NO3S2/c15-10-4-3-9(7-11(10)16)12(17)8-19-13(18)14-5-1-2-6-14/h3-4,7,15-16H,1-2,5-6,8H2. The number of hydrogen-bond donors (Lipinski definition) is 2. The number of carbonyl (C=O) groups excluding carboxylic acids is 1. The van der Waals surface area contributed by atoms with E-state index < -0.39 is 0 Å². The average molecular weight is 297 g/mol. The number of thiocarbonyl (C=S) groups is 1. The molecule has 1 saturated heterocycles. The Hall–Kier alpha value is -1.27. The molecule has 0 saturated carbocycles. The van der Waals surface area contributed by atoms with Gasteiger partial charge in [0.2, 0.25) is 0 Å². The molecule has 0 bridgehead atoms. The van der Waals surface area contributed by atoms with Crippen molar-refractivity contribution < 1.29 is 15.0 Å². The number of rotatable bonds is 3. The molecule has 1 aromatic rings. The third-order valence-corrected chi connectivity index (χ3v) is 4.51. The van der Waals surface area contributed by atoms with Crippen molar-refractivity contribution in [3.05, 3.63) is 23.8 Å². The smallest absolute Gasteiger partial charge is 0.173 e. The summed E-state index contributed by atoms with van der Waals surface area (Å²) in [6, 6.07) is 4.08. The van der Waals surface area contributed by atoms with Crippen LogP contribution in [0.15, 0.2) is 18.2 Å². The molecule has 0 amide bonds. The van der Waals surface area contributed by atoms with Crippen molar-refractivity contribution in [2.75, 3.05) is 18.8 Å². The lowest BCUT2D eigenvalue weighted by atomic mass is 10.1. The molecule has 4 nitrogen and oxygen atoms in total. The number of benzene rings is 1. The first kappa shape index (κ1) is 14.1. The highest BCUT2D eigenvalue weighted by Crippen LogP contribution is 2.26. The quantitative estimate of drug-likeness (QED) is 0.507. The summed E-state index contributed by atoms with van der Waals surface area (Å²) in [4.78, 5) is 14.0. The van der Waals surface area contributed by atoms with Crippen LogP contribution in [0.5, 0.6) is 11.5 Å². The molecule has 0 atom stereocenters. The summed E-state index contributed by atoms with van der Waals surface area (Å²) >= 11 is 6.63. The number of phenols is 2. The highest BCUT2D eigenvalue weighted by molar-refractivity contribution is 8.23. The molecule has 1 fully saturated rings. The van der Waals surface area contributed by atoms with Gasteiger partial charge < -0.3 is 15.1 Å². The molecule has 1 aliphatic rings. The Labute approximate surface area is 121 Å². The maximum Gasteiger partial charge on any atom is 0.173 e. The largest absolute Gasteiger partial charge is 0.504 e. The molecule has 2 rings (SSSR count). The molecular formula is C13H15NO3S2. The van der Waals surface area contributed by atoms with Gasteiger partial charge in [0.05, 0.1) is 5.75 Å². The van der Waals surface area contributed by atoms with Crippen LogP contribution in [0.3, 0.4) is 0 Å². The Kier molecular flexibility index (Phi) is 4.66. The minimum Gasteiger partial charge on any atom is -0.504 e. The summed E-state index contributed by atoms with van der Waals surface area (Å²) < 4.78 is 0.758. The van der Waals surface area contributed by atoms with E-state index >= 15 is 0 Å². The van der Waals surface area contributed by atoms with E-state index in [2.05, 4.69) is 4.90 Å². The number of phenolic OH excluding ortho intramolecular Hbond substituents is 2. The second-order valence-electron chi connectivity index (χ2n) is 4.38. The van der Waals surface area contributed by atoms with Crippen molar-refractivity contribution in [2.45, 2.75) is 12.8 Å². The number of likely N-dealkylation sites (tertiary alicyclic amines) is 1. The Balaban J connectivity index is 1.90. The van der Waals surface area contributed by atoms with E-state index in [-0.39, 0.29) is 23.0 Å². The Morgan fingerprint density at radius 2 is 1.95 bits per heavy atom. The lowest BCUT2D eigenvalue weighted by molar-refractivity contribution is 0.102. The zero-order valence-corrected chi connectivity index (χ0v) is 12.0. The number of ketones is 1. The van der Waals surface area contributed by atoms with E-state index in [1.54, 1.807) is 0 Å². The van der Waals surface area contributed by atoms with Crippen molar-refractivity contribution in [3.8, 4) is 11.5 Å². The highest BCUT2D eigenvalue weighted by Gasteiger charge is 2.17. The summed E-state index contributed by atoms with van der Waals surface area (Å²) in [7, 11) is 0. The second kappa shape index (κ2) is 6.25. The number of hydrogen-bond acceptors (Lipinski definition) is 5. The fraction of sp³-hybridized carbons (Fsp3) is 0.385. The van der Waals surface area contributed by atoms with Crippen LogP contribution in [0, 0.1) is 0 Å². The van der Waals surface area contributed by atoms with E-state index in [0.717, 1.165) is 30.3 Å². The Morgan fingerprint density at radius 3 is 2.58 bits per heavy atom. The summed E-state index contributed by atoms with van der Waals surface area (Å²) in [5.74, 6) is -0.365. The molecule has 6 heteroatoms. The predicted octanol–water partition coefficient (Wildman–Crippen LogP) is 2.39. The van der Waals surface area contributed by atoms with Crippen LogP contribution in [0.4, 0.5) is 0 Å². The first-order valence-corrected chi connectivity index (χ1v) is 7.44. The third-order valence-electron chi connectivity index (χ3n) is 2.99. The number of thioether (sulfide) groups is 1. The summed E-state index contributed by atoms with van der Waals surface area (Å²) in [6.45, 7) is 1.94. The molecule has 0 aliphatic carbocycles. The van der Waals surface area contributed by atoms with Crippen LogP contribution in [0.1, 0.15) is 23.2 Å². The molecule has 0 spiro atoms. The maximum absolute atomic E-state index is 11.9. The third kappa shape index (κ3) is 3.61. The Morgan fingerprint density at radius 1 is 1.26 bits per heavy atom. The van der Waals surface area contributed by atoms with Gasteiger partial charge in [-0.05, 0) is 31.0 Å². The first-order chi connectivity index (χ1) is 9.08. The van der Waals surface area contributed by atoms with Crippen LogP contribution in [0.25, 0.3) is 0 Å². The van der Waals surface area contributed by atoms with Gasteiger partial charge in [-0.3, -0.25) is 4.79 Å². The van der Waals surface area contributed by atoms with Gasteiger partial charge in [-0.2, -0.15) is 0 Å². The van der Waals surface area contributed by atoms with Gasteiger partial charge in [0.25, 0.3) is 0 Å². The van der Waals surface area contributed by atoms with Gasteiger partial charge >= 0.3 is 0 Å². The molecule has 2 N–H and O–H groups in total. The summed E-state index contributed by atoms with van der Waals surface area (Å²) in [5.41, 5.74) is 0.382. The molecule has 102 valence electrons. The molecular weight excluding hydrogens is 282 g/mol. The molecule has 0 radical (unpaired) electrons. The molecule has 0 aromatic heterocycles. The minimum absolute atomic E-state index is 0.109. The maximum atomic E-state index is 11.9. The molecule has 1 aromatic carbocycles. The molecule has 19 heavy (non-hydrogen) atoms. The van der Waals surface area contributed by atoms with Crippen molar-refractivity contribution in [1.82, 2.24) is 4.90 Å². The first-order valence-electron chi connectivity index (χ1n) is 6.05. The molecule has 1 heterocycles. The second-order valence-corrected chi connectivity index (χ2v) is 5.98. The lowest BCUT2D eigenvalue weighted by Crippen LogP contribution is -2.24. The van der Waals surface area contributed by atoms with Crippen molar-refractivity contribution in [3.63, 3.8) is 0 Å². The van der Waals surface area contributed by atoms with Gasteiger partial charge in [-0.25, -0.2) is 0 Å². The fourth-order valence-electron chi connectivity index (χ4n) is 1.90.